The van der Waals surface area contributed by atoms with Gasteiger partial charge in [-0.1, -0.05) is 12.1 Å². The molecule has 0 spiro atoms. The summed E-state index contributed by atoms with van der Waals surface area (Å²) in [4.78, 5) is 37.4. The van der Waals surface area contributed by atoms with Crippen molar-refractivity contribution >= 4 is 22.8 Å². The smallest absolute Gasteiger partial charge is 0.237 e. The maximum Gasteiger partial charge on any atom is 0.237 e. The monoisotopic (exact) mass is 383 g/mol. The third kappa shape index (κ3) is 3.76. The molecule has 1 atom stereocenters. The van der Waals surface area contributed by atoms with Crippen LogP contribution in [0.25, 0.3) is 11.0 Å². The van der Waals surface area contributed by atoms with Crippen molar-refractivity contribution in [3.63, 3.8) is 0 Å². The van der Waals surface area contributed by atoms with Crippen LogP contribution in [0.3, 0.4) is 0 Å². The molecule has 2 N–H and O–H groups in total. The largest absolute Gasteiger partial charge is 0.353 e. The van der Waals surface area contributed by atoms with Gasteiger partial charge in [0.25, 0.3) is 0 Å². The summed E-state index contributed by atoms with van der Waals surface area (Å²) < 4.78 is 0. The molecule has 2 aliphatic heterocycles. The van der Waals surface area contributed by atoms with Gasteiger partial charge in [0.2, 0.25) is 11.8 Å². The second kappa shape index (κ2) is 7.91. The molecule has 7 nitrogen and oxygen atoms in total. The summed E-state index contributed by atoms with van der Waals surface area (Å²) in [7, 11) is 0. The van der Waals surface area contributed by atoms with Crippen LogP contribution in [0, 0.1) is 0 Å². The van der Waals surface area contributed by atoms with Gasteiger partial charge in [0.15, 0.2) is 0 Å². The number of aromatic amines is 1. The third-order valence-corrected chi connectivity index (χ3v) is 6.05. The third-order valence-electron chi connectivity index (χ3n) is 6.05. The number of para-hydroxylation sites is 2. The van der Waals surface area contributed by atoms with E-state index in [2.05, 4.69) is 29.0 Å². The van der Waals surface area contributed by atoms with Crippen LogP contribution in [0.4, 0.5) is 0 Å². The number of imidazole rings is 1. The number of aromatic nitrogens is 2. The van der Waals surface area contributed by atoms with Crippen LogP contribution in [0.1, 0.15) is 44.9 Å². The highest BCUT2D eigenvalue weighted by molar-refractivity contribution is 5.89. The normalized spacial score (nSPS) is 22.0. The maximum absolute atomic E-state index is 12.9. The minimum Gasteiger partial charge on any atom is -0.353 e. The fraction of sp³-hybridized carbons (Fsp3) is 0.571. The quantitative estimate of drug-likeness (QED) is 0.845. The lowest BCUT2D eigenvalue weighted by molar-refractivity contribution is -0.140. The van der Waals surface area contributed by atoms with Crippen LogP contribution >= 0.6 is 0 Å². The molecular formula is C21H29N5O2. The summed E-state index contributed by atoms with van der Waals surface area (Å²) in [6, 6.07) is 7.96. The molecule has 0 unspecified atom stereocenters. The summed E-state index contributed by atoms with van der Waals surface area (Å²) in [5.41, 5.74) is 2.06. The lowest BCUT2D eigenvalue weighted by Gasteiger charge is -2.39. The Morgan fingerprint density at radius 3 is 2.68 bits per heavy atom. The van der Waals surface area contributed by atoms with E-state index in [9.17, 15) is 9.59 Å². The average Bonchev–Trinajstić information content (AvgIpc) is 3.13. The van der Waals surface area contributed by atoms with Crippen molar-refractivity contribution in [3.05, 3.63) is 30.1 Å². The summed E-state index contributed by atoms with van der Waals surface area (Å²) in [5.74, 6) is 1.42. The molecule has 0 aliphatic carbocycles. The fourth-order valence-electron chi connectivity index (χ4n) is 4.42. The SMILES string of the molecule is CC(C)N1CCNC(=O)[C@H]1CC(=O)N1CCC(c2nc3ccccc3[nH]2)CC1. The van der Waals surface area contributed by atoms with Gasteiger partial charge in [-0.3, -0.25) is 14.5 Å². The Balaban J connectivity index is 1.36. The van der Waals surface area contributed by atoms with Crippen molar-refractivity contribution < 1.29 is 9.59 Å². The number of hydrogen-bond donors (Lipinski definition) is 2. The van der Waals surface area contributed by atoms with Crippen molar-refractivity contribution in [2.24, 2.45) is 0 Å². The van der Waals surface area contributed by atoms with Gasteiger partial charge in [0, 0.05) is 38.1 Å². The number of fused-ring (bicyclic) bond motifs is 1. The Labute approximate surface area is 165 Å². The predicted octanol–water partition coefficient (Wildman–Crippen LogP) is 1.87. The van der Waals surface area contributed by atoms with Crippen molar-refractivity contribution in [1.29, 1.82) is 0 Å². The molecule has 4 rings (SSSR count). The zero-order chi connectivity index (χ0) is 19.7. The van der Waals surface area contributed by atoms with E-state index in [1.54, 1.807) is 0 Å². The van der Waals surface area contributed by atoms with Gasteiger partial charge < -0.3 is 15.2 Å². The van der Waals surface area contributed by atoms with Gasteiger partial charge in [0.05, 0.1) is 23.5 Å². The number of rotatable bonds is 4. The molecule has 0 saturated carbocycles. The zero-order valence-corrected chi connectivity index (χ0v) is 16.6. The molecule has 7 heteroatoms. The standard InChI is InChI=1S/C21H29N5O2/c1-14(2)26-12-9-22-21(28)18(26)13-19(27)25-10-7-15(8-11-25)20-23-16-5-3-4-6-17(16)24-20/h3-6,14-15,18H,7-13H2,1-2H3,(H,22,28)(H,23,24)/t18-/m1/s1. The predicted molar refractivity (Wildman–Crippen MR) is 108 cm³/mol. The number of hydrogen-bond acceptors (Lipinski definition) is 4. The molecule has 2 saturated heterocycles. The number of carbonyl (C=O) groups is 2. The lowest BCUT2D eigenvalue weighted by Crippen LogP contribution is -2.58. The molecule has 2 fully saturated rings. The van der Waals surface area contributed by atoms with Crippen LogP contribution in [0.15, 0.2) is 24.3 Å². The maximum atomic E-state index is 12.9. The van der Waals surface area contributed by atoms with Crippen molar-refractivity contribution in [2.45, 2.75) is 51.1 Å². The van der Waals surface area contributed by atoms with Gasteiger partial charge in [-0.15, -0.1) is 0 Å². The van der Waals surface area contributed by atoms with E-state index in [0.29, 0.717) is 12.5 Å². The van der Waals surface area contributed by atoms with Crippen LogP contribution in [0.2, 0.25) is 0 Å². The van der Waals surface area contributed by atoms with Gasteiger partial charge in [0.1, 0.15) is 5.82 Å². The number of benzene rings is 1. The number of carbonyl (C=O) groups excluding carboxylic acids is 2. The topological polar surface area (TPSA) is 81.3 Å². The van der Waals surface area contributed by atoms with Gasteiger partial charge in [-0.05, 0) is 38.8 Å². The Bertz CT molecular complexity index is 820. The Morgan fingerprint density at radius 2 is 1.96 bits per heavy atom. The highest BCUT2D eigenvalue weighted by Gasteiger charge is 2.35. The van der Waals surface area contributed by atoms with E-state index >= 15 is 0 Å². The lowest BCUT2D eigenvalue weighted by atomic mass is 9.95. The molecule has 3 heterocycles. The first-order valence-corrected chi connectivity index (χ1v) is 10.3. The molecule has 2 amide bonds. The Kier molecular flexibility index (Phi) is 5.35. The minimum atomic E-state index is -0.352. The number of likely N-dealkylation sites (tertiary alicyclic amines) is 1. The van der Waals surface area contributed by atoms with E-state index in [1.807, 2.05) is 29.2 Å². The summed E-state index contributed by atoms with van der Waals surface area (Å²) in [6.07, 6.45) is 2.06. The van der Waals surface area contributed by atoms with Gasteiger partial charge in [-0.2, -0.15) is 0 Å². The molecule has 0 radical (unpaired) electrons. The number of nitrogens with one attached hydrogen (secondary N) is 2. The molecule has 28 heavy (non-hydrogen) atoms. The molecule has 2 aliphatic rings. The van der Waals surface area contributed by atoms with Crippen LogP contribution in [-0.4, -0.2) is 69.8 Å². The van der Waals surface area contributed by atoms with Gasteiger partial charge >= 0.3 is 0 Å². The fourth-order valence-corrected chi connectivity index (χ4v) is 4.42. The van der Waals surface area contributed by atoms with E-state index in [0.717, 1.165) is 49.3 Å². The minimum absolute atomic E-state index is 0.0227. The van der Waals surface area contributed by atoms with Crippen LogP contribution in [0.5, 0.6) is 0 Å². The van der Waals surface area contributed by atoms with E-state index < -0.39 is 0 Å². The van der Waals surface area contributed by atoms with E-state index in [-0.39, 0.29) is 30.3 Å². The number of piperidine rings is 1. The van der Waals surface area contributed by atoms with Crippen molar-refractivity contribution in [3.8, 4) is 0 Å². The molecule has 1 aromatic carbocycles. The van der Waals surface area contributed by atoms with Crippen molar-refractivity contribution in [2.75, 3.05) is 26.2 Å². The number of piperazine rings is 1. The number of amides is 2. The summed E-state index contributed by atoms with van der Waals surface area (Å²) in [5, 5.41) is 2.90. The first-order chi connectivity index (χ1) is 13.5. The number of H-pyrrole nitrogens is 1. The molecule has 1 aromatic heterocycles. The van der Waals surface area contributed by atoms with E-state index in [1.165, 1.54) is 0 Å². The second-order valence-electron chi connectivity index (χ2n) is 8.14. The van der Waals surface area contributed by atoms with Crippen LogP contribution in [-0.2, 0) is 9.59 Å². The van der Waals surface area contributed by atoms with E-state index in [4.69, 9.17) is 4.98 Å². The molecule has 2 aromatic rings. The summed E-state index contributed by atoms with van der Waals surface area (Å²) in [6.45, 7) is 7.05. The summed E-state index contributed by atoms with van der Waals surface area (Å²) >= 11 is 0. The molecular weight excluding hydrogens is 354 g/mol. The molecule has 0 bridgehead atoms. The first kappa shape index (κ1) is 18.9. The van der Waals surface area contributed by atoms with Crippen molar-refractivity contribution in [1.82, 2.24) is 25.1 Å². The second-order valence-corrected chi connectivity index (χ2v) is 8.14. The van der Waals surface area contributed by atoms with Gasteiger partial charge in [-0.25, -0.2) is 4.98 Å². The highest BCUT2D eigenvalue weighted by atomic mass is 16.2. The highest BCUT2D eigenvalue weighted by Crippen LogP contribution is 2.28. The number of nitrogens with zero attached hydrogens (tertiary/aromatic N) is 3. The Hall–Kier alpha value is -2.41. The molecule has 150 valence electrons. The Morgan fingerprint density at radius 1 is 1.21 bits per heavy atom. The average molecular weight is 383 g/mol. The van der Waals surface area contributed by atoms with Crippen LogP contribution < -0.4 is 5.32 Å². The first-order valence-electron chi connectivity index (χ1n) is 10.3. The zero-order valence-electron chi connectivity index (χ0n) is 16.6.